The summed E-state index contributed by atoms with van der Waals surface area (Å²) >= 11 is 0. The van der Waals surface area contributed by atoms with Gasteiger partial charge in [0.25, 0.3) is 0 Å². The van der Waals surface area contributed by atoms with E-state index in [0.29, 0.717) is 22.8 Å². The summed E-state index contributed by atoms with van der Waals surface area (Å²) in [5.41, 5.74) is 3.82. The molecule has 21 heavy (non-hydrogen) atoms. The maximum atomic E-state index is 3.91. The molecule has 1 unspecified atom stereocenters. The fourth-order valence-corrected chi connectivity index (χ4v) is 5.05. The second-order valence-electron chi connectivity index (χ2n) is 8.63. The molecule has 0 aliphatic heterocycles. The summed E-state index contributed by atoms with van der Waals surface area (Å²) in [6.45, 7) is 13.0. The van der Waals surface area contributed by atoms with Crippen molar-refractivity contribution in [3.05, 3.63) is 35.4 Å². The number of nitrogens with one attached hydrogen (secondary N) is 1. The Morgan fingerprint density at radius 2 is 1.81 bits per heavy atom. The lowest BCUT2D eigenvalue weighted by molar-refractivity contribution is 0.108. The third kappa shape index (κ3) is 2.54. The number of rotatable bonds is 4. The molecule has 2 aliphatic rings. The molecule has 3 rings (SSSR count). The van der Waals surface area contributed by atoms with Crippen molar-refractivity contribution in [2.75, 3.05) is 0 Å². The van der Waals surface area contributed by atoms with Crippen LogP contribution in [0.3, 0.4) is 0 Å². The highest BCUT2D eigenvalue weighted by Gasteiger charge is 2.58. The van der Waals surface area contributed by atoms with Crippen LogP contribution in [0.15, 0.2) is 24.3 Å². The second-order valence-corrected chi connectivity index (χ2v) is 8.63. The van der Waals surface area contributed by atoms with Crippen LogP contribution in [-0.4, -0.2) is 6.04 Å². The Morgan fingerprint density at radius 3 is 2.33 bits per heavy atom. The molecule has 116 valence electrons. The first-order chi connectivity index (χ1) is 9.83. The van der Waals surface area contributed by atoms with E-state index < -0.39 is 0 Å². The third-order valence-corrected chi connectivity index (χ3v) is 6.43. The molecule has 0 heterocycles. The topological polar surface area (TPSA) is 12.0 Å². The van der Waals surface area contributed by atoms with Gasteiger partial charge < -0.3 is 5.32 Å². The van der Waals surface area contributed by atoms with Crippen LogP contribution in [-0.2, 0) is 6.54 Å². The highest BCUT2D eigenvalue weighted by molar-refractivity contribution is 5.25. The van der Waals surface area contributed by atoms with Crippen molar-refractivity contribution in [1.82, 2.24) is 5.32 Å². The Labute approximate surface area is 130 Å². The first kappa shape index (κ1) is 15.1. The summed E-state index contributed by atoms with van der Waals surface area (Å²) < 4.78 is 0. The monoisotopic (exact) mass is 285 g/mol. The van der Waals surface area contributed by atoms with E-state index in [0.717, 1.165) is 12.5 Å². The molecule has 1 heteroatoms. The number of fused-ring (bicyclic) bond motifs is 2. The van der Waals surface area contributed by atoms with Gasteiger partial charge in [-0.2, -0.15) is 0 Å². The summed E-state index contributed by atoms with van der Waals surface area (Å²) in [5, 5.41) is 3.91. The minimum Gasteiger partial charge on any atom is -0.309 e. The largest absolute Gasteiger partial charge is 0.309 e. The summed E-state index contributed by atoms with van der Waals surface area (Å²) in [4.78, 5) is 0. The van der Waals surface area contributed by atoms with Crippen LogP contribution >= 0.6 is 0 Å². The van der Waals surface area contributed by atoms with E-state index in [1.807, 2.05) is 0 Å². The number of hydrogen-bond donors (Lipinski definition) is 1. The fraction of sp³-hybridized carbons (Fsp3) is 0.700. The molecule has 1 nitrogen and oxygen atoms in total. The van der Waals surface area contributed by atoms with E-state index in [9.17, 15) is 0 Å². The van der Waals surface area contributed by atoms with Crippen molar-refractivity contribution < 1.29 is 0 Å². The van der Waals surface area contributed by atoms with Gasteiger partial charge in [-0.3, -0.25) is 0 Å². The highest BCUT2D eigenvalue weighted by Crippen LogP contribution is 2.62. The van der Waals surface area contributed by atoms with Gasteiger partial charge in [-0.05, 0) is 53.1 Å². The average molecular weight is 285 g/mol. The predicted octanol–water partition coefficient (Wildman–Crippen LogP) is 5.11. The van der Waals surface area contributed by atoms with E-state index in [4.69, 9.17) is 0 Å². The Bertz CT molecular complexity index is 494. The lowest BCUT2D eigenvalue weighted by atomic mass is 9.68. The summed E-state index contributed by atoms with van der Waals surface area (Å²) in [6, 6.07) is 9.83. The van der Waals surface area contributed by atoms with Gasteiger partial charge in [-0.1, -0.05) is 58.9 Å². The Kier molecular flexibility index (Phi) is 3.68. The summed E-state index contributed by atoms with van der Waals surface area (Å²) in [6.07, 6.45) is 4.26. The quantitative estimate of drug-likeness (QED) is 0.810. The highest BCUT2D eigenvalue weighted by atomic mass is 15.0. The van der Waals surface area contributed by atoms with Gasteiger partial charge in [0.05, 0.1) is 0 Å². The molecule has 1 aromatic carbocycles. The van der Waals surface area contributed by atoms with Crippen molar-refractivity contribution in [1.29, 1.82) is 0 Å². The van der Waals surface area contributed by atoms with Crippen molar-refractivity contribution in [3.63, 3.8) is 0 Å². The summed E-state index contributed by atoms with van der Waals surface area (Å²) in [7, 11) is 0. The van der Waals surface area contributed by atoms with Crippen LogP contribution in [0.1, 0.15) is 70.9 Å². The van der Waals surface area contributed by atoms with Crippen LogP contribution in [0.5, 0.6) is 0 Å². The lowest BCUT2D eigenvalue weighted by Crippen LogP contribution is -2.49. The predicted molar refractivity (Wildman–Crippen MR) is 90.4 cm³/mol. The molecule has 2 fully saturated rings. The van der Waals surface area contributed by atoms with Gasteiger partial charge in [-0.25, -0.2) is 0 Å². The molecule has 1 aromatic rings. The van der Waals surface area contributed by atoms with Crippen LogP contribution in [0.25, 0.3) is 0 Å². The number of hydrogen-bond acceptors (Lipinski definition) is 1. The smallest absolute Gasteiger partial charge is 0.0208 e. The van der Waals surface area contributed by atoms with E-state index in [-0.39, 0.29) is 0 Å². The molecule has 2 bridgehead atoms. The fourth-order valence-electron chi connectivity index (χ4n) is 5.05. The van der Waals surface area contributed by atoms with E-state index in [1.165, 1.54) is 30.4 Å². The second kappa shape index (κ2) is 5.12. The van der Waals surface area contributed by atoms with Gasteiger partial charge in [0.2, 0.25) is 0 Å². The first-order valence-electron chi connectivity index (χ1n) is 8.65. The van der Waals surface area contributed by atoms with Crippen molar-refractivity contribution in [2.24, 2.45) is 16.7 Å². The minimum atomic E-state index is 0.449. The molecule has 2 saturated carbocycles. The molecular weight excluding hydrogens is 254 g/mol. The van der Waals surface area contributed by atoms with Gasteiger partial charge in [-0.15, -0.1) is 0 Å². The Balaban J connectivity index is 1.67. The van der Waals surface area contributed by atoms with Gasteiger partial charge in [0.15, 0.2) is 0 Å². The van der Waals surface area contributed by atoms with Crippen molar-refractivity contribution in [2.45, 2.75) is 72.4 Å². The molecular formula is C20H31N. The lowest BCUT2D eigenvalue weighted by Gasteiger charge is -2.43. The number of benzene rings is 1. The third-order valence-electron chi connectivity index (χ3n) is 6.43. The van der Waals surface area contributed by atoms with Gasteiger partial charge in [0, 0.05) is 12.6 Å². The van der Waals surface area contributed by atoms with Gasteiger partial charge >= 0.3 is 0 Å². The minimum absolute atomic E-state index is 0.449. The van der Waals surface area contributed by atoms with E-state index >= 15 is 0 Å². The zero-order chi connectivity index (χ0) is 15.3. The Morgan fingerprint density at radius 1 is 1.14 bits per heavy atom. The van der Waals surface area contributed by atoms with E-state index in [1.54, 1.807) is 0 Å². The normalized spacial score (nSPS) is 33.8. The van der Waals surface area contributed by atoms with Crippen LogP contribution in [0.4, 0.5) is 0 Å². The van der Waals surface area contributed by atoms with Crippen LogP contribution < -0.4 is 5.32 Å². The molecule has 1 N–H and O–H groups in total. The molecule has 0 amide bonds. The van der Waals surface area contributed by atoms with E-state index in [2.05, 4.69) is 64.2 Å². The standard InChI is InChI=1S/C20H31N/c1-14(2)16-8-6-15(7-9-16)13-21-18-19(3,4)17-10-11-20(18,5)12-17/h6-9,14,17-18,21H,10-13H2,1-5H3/t17-,18?,20+/m0/s1. The van der Waals surface area contributed by atoms with Gasteiger partial charge in [0.1, 0.15) is 0 Å². The van der Waals surface area contributed by atoms with Crippen molar-refractivity contribution in [3.8, 4) is 0 Å². The molecule has 0 spiro atoms. The first-order valence-corrected chi connectivity index (χ1v) is 8.65. The SMILES string of the molecule is CC(C)c1ccc(CNC2C(C)(C)[C@H]3CC[C@]2(C)C3)cc1. The zero-order valence-corrected chi connectivity index (χ0v) is 14.4. The average Bonchev–Trinajstić information content (AvgIpc) is 2.90. The maximum absolute atomic E-state index is 3.91. The molecule has 0 saturated heterocycles. The molecule has 3 atom stereocenters. The maximum Gasteiger partial charge on any atom is 0.0208 e. The molecule has 2 aliphatic carbocycles. The zero-order valence-electron chi connectivity index (χ0n) is 14.4. The molecule has 0 radical (unpaired) electrons. The summed E-state index contributed by atoms with van der Waals surface area (Å²) in [5.74, 6) is 1.54. The Hall–Kier alpha value is -0.820. The van der Waals surface area contributed by atoms with Crippen LogP contribution in [0.2, 0.25) is 0 Å². The van der Waals surface area contributed by atoms with Crippen molar-refractivity contribution >= 4 is 0 Å². The molecule has 0 aromatic heterocycles. The van der Waals surface area contributed by atoms with Crippen LogP contribution in [0, 0.1) is 16.7 Å².